The van der Waals surface area contributed by atoms with Gasteiger partial charge in [0.15, 0.2) is 5.75 Å². The Bertz CT molecular complexity index is 412. The first-order valence-corrected chi connectivity index (χ1v) is 5.26. The van der Waals surface area contributed by atoms with Crippen LogP contribution < -0.4 is 0 Å². The molecule has 16 heavy (non-hydrogen) atoms. The van der Waals surface area contributed by atoms with Crippen molar-refractivity contribution in [3.63, 3.8) is 0 Å². The molecule has 4 nitrogen and oxygen atoms in total. The van der Waals surface area contributed by atoms with E-state index in [2.05, 4.69) is 9.72 Å². The fourth-order valence-corrected chi connectivity index (χ4v) is 1.58. The van der Waals surface area contributed by atoms with Gasteiger partial charge in [-0.3, -0.25) is 4.79 Å². The lowest BCUT2D eigenvalue weighted by Gasteiger charge is -2.10. The third-order valence-electron chi connectivity index (χ3n) is 1.93. The smallest absolute Gasteiger partial charge is 0.310 e. The van der Waals surface area contributed by atoms with E-state index in [4.69, 9.17) is 0 Å². The van der Waals surface area contributed by atoms with Gasteiger partial charge in [0.25, 0.3) is 6.43 Å². The molecule has 0 saturated carbocycles. The van der Waals surface area contributed by atoms with Crippen LogP contribution in [0.2, 0.25) is 0 Å². The van der Waals surface area contributed by atoms with Crippen LogP contribution in [-0.2, 0) is 16.0 Å². The summed E-state index contributed by atoms with van der Waals surface area (Å²) in [7, 11) is 1.15. The zero-order valence-electron chi connectivity index (χ0n) is 8.21. The van der Waals surface area contributed by atoms with E-state index < -0.39 is 30.1 Å². The molecule has 0 aliphatic carbocycles. The van der Waals surface area contributed by atoms with Crippen LogP contribution in [0.1, 0.15) is 17.6 Å². The molecule has 1 aromatic rings. The second-order valence-electron chi connectivity index (χ2n) is 2.89. The predicted molar refractivity (Wildman–Crippen MR) is 59.3 cm³/mol. The lowest BCUT2D eigenvalue weighted by molar-refractivity contribution is -0.139. The molecular formula is C9H8F2INO3. The lowest BCUT2D eigenvalue weighted by Crippen LogP contribution is -2.08. The Balaban J connectivity index is 3.20. The number of rotatable bonds is 3. The average molecular weight is 343 g/mol. The molecule has 0 radical (unpaired) electrons. The summed E-state index contributed by atoms with van der Waals surface area (Å²) in [4.78, 5) is 14.6. The number of halogens is 3. The molecule has 0 amide bonds. The number of methoxy groups -OCH3 is 1. The molecule has 0 atom stereocenters. The molecule has 88 valence electrons. The first-order chi connectivity index (χ1) is 7.47. The number of esters is 1. The van der Waals surface area contributed by atoms with Crippen molar-refractivity contribution in [3.8, 4) is 5.75 Å². The first-order valence-electron chi connectivity index (χ1n) is 4.18. The third-order valence-corrected chi connectivity index (χ3v) is 2.72. The van der Waals surface area contributed by atoms with Crippen LogP contribution in [0.15, 0.2) is 6.20 Å². The van der Waals surface area contributed by atoms with E-state index in [9.17, 15) is 18.7 Å². The van der Waals surface area contributed by atoms with Crippen LogP contribution in [0.3, 0.4) is 0 Å². The summed E-state index contributed by atoms with van der Waals surface area (Å²) in [6.07, 6.45) is -2.25. The van der Waals surface area contributed by atoms with Gasteiger partial charge in [0.2, 0.25) is 0 Å². The minimum absolute atomic E-state index is 0.138. The van der Waals surface area contributed by atoms with Crippen molar-refractivity contribution in [3.05, 3.63) is 21.0 Å². The van der Waals surface area contributed by atoms with Crippen molar-refractivity contribution in [2.75, 3.05) is 7.11 Å². The highest BCUT2D eigenvalue weighted by molar-refractivity contribution is 14.1. The number of nitrogens with zero attached hydrogens (tertiary/aromatic N) is 1. The van der Waals surface area contributed by atoms with Gasteiger partial charge >= 0.3 is 5.97 Å². The number of ether oxygens (including phenoxy) is 1. The zero-order valence-corrected chi connectivity index (χ0v) is 10.4. The van der Waals surface area contributed by atoms with Crippen molar-refractivity contribution < 1.29 is 23.4 Å². The largest absolute Gasteiger partial charge is 0.505 e. The van der Waals surface area contributed by atoms with Gasteiger partial charge in [-0.05, 0) is 22.6 Å². The standard InChI is InChI=1S/C9H8F2INO3/c1-16-6(14)2-4-5(8(10)11)3-13-9(12)7(4)15/h3,8,15H,2H2,1H3. The second kappa shape index (κ2) is 5.37. The Hall–Kier alpha value is -0.990. The molecular weight excluding hydrogens is 335 g/mol. The Kier molecular flexibility index (Phi) is 4.39. The number of aromatic nitrogens is 1. The molecule has 0 aliphatic rings. The minimum atomic E-state index is -2.80. The Labute approximate surface area is 104 Å². The monoisotopic (exact) mass is 343 g/mol. The molecule has 0 fully saturated rings. The highest BCUT2D eigenvalue weighted by Gasteiger charge is 2.21. The van der Waals surface area contributed by atoms with Crippen molar-refractivity contribution in [2.45, 2.75) is 12.8 Å². The molecule has 0 bridgehead atoms. The van der Waals surface area contributed by atoms with Crippen molar-refractivity contribution in [2.24, 2.45) is 0 Å². The molecule has 1 aromatic heterocycles. The van der Waals surface area contributed by atoms with E-state index in [1.807, 2.05) is 0 Å². The number of hydrogen-bond donors (Lipinski definition) is 1. The summed E-state index contributed by atoms with van der Waals surface area (Å²) in [6, 6.07) is 0. The maximum atomic E-state index is 12.6. The number of hydrogen-bond acceptors (Lipinski definition) is 4. The average Bonchev–Trinajstić information content (AvgIpc) is 2.24. The Morgan fingerprint density at radius 3 is 2.81 bits per heavy atom. The van der Waals surface area contributed by atoms with Gasteiger partial charge in [0.1, 0.15) is 3.70 Å². The van der Waals surface area contributed by atoms with E-state index in [-0.39, 0.29) is 9.26 Å². The molecule has 1 heterocycles. The van der Waals surface area contributed by atoms with Gasteiger partial charge in [-0.2, -0.15) is 0 Å². The predicted octanol–water partition coefficient (Wildman–Crippen LogP) is 2.04. The zero-order chi connectivity index (χ0) is 12.3. The maximum Gasteiger partial charge on any atom is 0.310 e. The van der Waals surface area contributed by atoms with E-state index in [1.54, 1.807) is 22.6 Å². The summed E-state index contributed by atoms with van der Waals surface area (Å²) >= 11 is 1.69. The van der Waals surface area contributed by atoms with E-state index in [0.717, 1.165) is 13.3 Å². The molecule has 1 rings (SSSR count). The van der Waals surface area contributed by atoms with Gasteiger partial charge in [-0.15, -0.1) is 0 Å². The summed E-state index contributed by atoms with van der Waals surface area (Å²) in [5, 5.41) is 9.56. The number of pyridine rings is 1. The Morgan fingerprint density at radius 2 is 2.31 bits per heavy atom. The van der Waals surface area contributed by atoms with Crippen molar-refractivity contribution in [1.29, 1.82) is 0 Å². The van der Waals surface area contributed by atoms with Gasteiger partial charge in [-0.1, -0.05) is 0 Å². The first kappa shape index (κ1) is 13.1. The number of carbonyl (C=O) groups is 1. The molecule has 7 heteroatoms. The lowest BCUT2D eigenvalue weighted by atomic mass is 10.1. The molecule has 0 saturated heterocycles. The van der Waals surface area contributed by atoms with Gasteiger partial charge < -0.3 is 9.84 Å². The summed E-state index contributed by atoms with van der Waals surface area (Å²) in [6.45, 7) is 0. The highest BCUT2D eigenvalue weighted by Crippen LogP contribution is 2.31. The fraction of sp³-hybridized carbons (Fsp3) is 0.333. The molecule has 0 aromatic carbocycles. The number of carbonyl (C=O) groups excluding carboxylic acids is 1. The minimum Gasteiger partial charge on any atom is -0.505 e. The van der Waals surface area contributed by atoms with Crippen LogP contribution in [0, 0.1) is 3.70 Å². The van der Waals surface area contributed by atoms with Gasteiger partial charge in [0, 0.05) is 17.3 Å². The fourth-order valence-electron chi connectivity index (χ4n) is 1.12. The van der Waals surface area contributed by atoms with Crippen LogP contribution in [0.5, 0.6) is 5.75 Å². The molecule has 0 aliphatic heterocycles. The maximum absolute atomic E-state index is 12.6. The normalized spacial score (nSPS) is 10.6. The molecule has 0 spiro atoms. The Morgan fingerprint density at radius 1 is 1.69 bits per heavy atom. The topological polar surface area (TPSA) is 59.4 Å². The highest BCUT2D eigenvalue weighted by atomic mass is 127. The number of aromatic hydroxyl groups is 1. The summed E-state index contributed by atoms with van der Waals surface area (Å²) < 4.78 is 29.7. The van der Waals surface area contributed by atoms with E-state index in [1.165, 1.54) is 0 Å². The second-order valence-corrected chi connectivity index (χ2v) is 3.91. The summed E-state index contributed by atoms with van der Waals surface area (Å²) in [5.41, 5.74) is -0.593. The van der Waals surface area contributed by atoms with Crippen molar-refractivity contribution in [1.82, 2.24) is 4.98 Å². The van der Waals surface area contributed by atoms with Gasteiger partial charge in [-0.25, -0.2) is 13.8 Å². The molecule has 0 unspecified atom stereocenters. The van der Waals surface area contributed by atoms with E-state index >= 15 is 0 Å². The third kappa shape index (κ3) is 2.77. The van der Waals surface area contributed by atoms with E-state index in [0.29, 0.717) is 0 Å². The van der Waals surface area contributed by atoms with Gasteiger partial charge in [0.05, 0.1) is 13.5 Å². The van der Waals surface area contributed by atoms with Crippen molar-refractivity contribution >= 4 is 28.6 Å². The SMILES string of the molecule is COC(=O)Cc1c(C(F)F)cnc(I)c1O. The van der Waals surface area contributed by atoms with Crippen LogP contribution >= 0.6 is 22.6 Å². The summed E-state index contributed by atoms with van der Waals surface area (Å²) in [5.74, 6) is -1.09. The van der Waals surface area contributed by atoms with Crippen LogP contribution in [-0.4, -0.2) is 23.2 Å². The quantitative estimate of drug-likeness (QED) is 0.519. The molecule has 1 N–H and O–H groups in total. The number of alkyl halides is 2. The van der Waals surface area contributed by atoms with Crippen LogP contribution in [0.25, 0.3) is 0 Å². The van der Waals surface area contributed by atoms with Crippen LogP contribution in [0.4, 0.5) is 8.78 Å².